The van der Waals surface area contributed by atoms with E-state index in [1.807, 2.05) is 53.4 Å². The zero-order valence-electron chi connectivity index (χ0n) is 20.8. The number of piperazine rings is 1. The van der Waals surface area contributed by atoms with Gasteiger partial charge in [0.15, 0.2) is 0 Å². The van der Waals surface area contributed by atoms with E-state index in [9.17, 15) is 9.59 Å². The molecule has 2 fully saturated rings. The van der Waals surface area contributed by atoms with Crippen LogP contribution in [-0.2, 0) is 14.3 Å². The summed E-state index contributed by atoms with van der Waals surface area (Å²) >= 11 is 0. The third-order valence-corrected chi connectivity index (χ3v) is 6.53. The predicted octanol–water partition coefficient (Wildman–Crippen LogP) is 1.75. The molecule has 4 rings (SSSR count). The predicted molar refractivity (Wildman–Crippen MR) is 137 cm³/mol. The first-order valence-corrected chi connectivity index (χ1v) is 12.0. The molecule has 188 valence electrons. The number of para-hydroxylation sites is 2. The average molecular weight is 482 g/mol. The van der Waals surface area contributed by atoms with Crippen LogP contribution in [0.4, 0.5) is 17.1 Å². The van der Waals surface area contributed by atoms with Gasteiger partial charge < -0.3 is 29.5 Å². The van der Waals surface area contributed by atoms with Crippen LogP contribution >= 0.6 is 0 Å². The molecular weight excluding hydrogens is 446 g/mol. The quantitative estimate of drug-likeness (QED) is 0.646. The molecule has 0 aromatic heterocycles. The van der Waals surface area contributed by atoms with Gasteiger partial charge in [-0.05, 0) is 36.4 Å². The Hall–Kier alpha value is -3.30. The number of carbonyl (C=O) groups excluding carboxylic acids is 2. The lowest BCUT2D eigenvalue weighted by molar-refractivity contribution is -0.135. The van der Waals surface area contributed by atoms with E-state index in [0.29, 0.717) is 26.3 Å². The number of amides is 2. The van der Waals surface area contributed by atoms with Gasteiger partial charge in [-0.2, -0.15) is 0 Å². The van der Waals surface area contributed by atoms with Gasteiger partial charge in [-0.1, -0.05) is 12.1 Å². The zero-order chi connectivity index (χ0) is 24.8. The molecule has 0 saturated carbocycles. The lowest BCUT2D eigenvalue weighted by atomic mass is 10.1. The van der Waals surface area contributed by atoms with E-state index in [1.54, 1.807) is 26.1 Å². The number of nitrogens with one attached hydrogen (secondary N) is 1. The summed E-state index contributed by atoms with van der Waals surface area (Å²) in [5, 5.41) is 3.08. The standard InChI is InChI=1S/C26H35N5O4/c1-28(2)26(33)24-18-30(20-8-10-21(34-3)11-9-20)12-13-31(24)19-25(32)27-22-6-4-5-7-23(22)29-14-16-35-17-15-29/h4-11,24H,12-19H2,1-3H3,(H,27,32)/t24-/m1/s1. The van der Waals surface area contributed by atoms with Crippen LogP contribution in [-0.4, -0.2) is 101 Å². The van der Waals surface area contributed by atoms with Crippen molar-refractivity contribution in [1.29, 1.82) is 0 Å². The second-order valence-electron chi connectivity index (χ2n) is 9.03. The zero-order valence-corrected chi connectivity index (χ0v) is 20.8. The van der Waals surface area contributed by atoms with Gasteiger partial charge in [-0.3, -0.25) is 14.5 Å². The molecule has 9 heteroatoms. The second-order valence-corrected chi connectivity index (χ2v) is 9.03. The van der Waals surface area contributed by atoms with Crippen LogP contribution in [0.15, 0.2) is 48.5 Å². The minimum atomic E-state index is -0.416. The van der Waals surface area contributed by atoms with Gasteiger partial charge in [0.1, 0.15) is 11.8 Å². The molecule has 2 aliphatic rings. The number of hydrogen-bond acceptors (Lipinski definition) is 7. The Balaban J connectivity index is 1.45. The number of anilines is 3. The largest absolute Gasteiger partial charge is 0.497 e. The molecule has 2 amide bonds. The van der Waals surface area contributed by atoms with E-state index < -0.39 is 6.04 Å². The molecule has 2 aromatic carbocycles. The molecule has 1 atom stereocenters. The fraction of sp³-hybridized carbons (Fsp3) is 0.462. The summed E-state index contributed by atoms with van der Waals surface area (Å²) in [6.07, 6.45) is 0. The third kappa shape index (κ3) is 6.04. The van der Waals surface area contributed by atoms with E-state index in [-0.39, 0.29) is 18.4 Å². The van der Waals surface area contributed by atoms with Gasteiger partial charge in [0.25, 0.3) is 0 Å². The molecule has 1 N–H and O–H groups in total. The first-order valence-electron chi connectivity index (χ1n) is 12.0. The molecule has 9 nitrogen and oxygen atoms in total. The Morgan fingerprint density at radius 1 is 1.00 bits per heavy atom. The van der Waals surface area contributed by atoms with E-state index in [1.165, 1.54) is 0 Å². The summed E-state index contributed by atoms with van der Waals surface area (Å²) in [4.78, 5) is 34.2. The fourth-order valence-electron chi connectivity index (χ4n) is 4.60. The van der Waals surface area contributed by atoms with E-state index in [0.717, 1.165) is 42.4 Å². The van der Waals surface area contributed by atoms with Crippen molar-refractivity contribution >= 4 is 28.9 Å². The van der Waals surface area contributed by atoms with Gasteiger partial charge in [0.2, 0.25) is 11.8 Å². The maximum absolute atomic E-state index is 13.1. The van der Waals surface area contributed by atoms with Gasteiger partial charge in [0, 0.05) is 52.5 Å². The van der Waals surface area contributed by atoms with Crippen LogP contribution in [0, 0.1) is 0 Å². The molecule has 35 heavy (non-hydrogen) atoms. The topological polar surface area (TPSA) is 77.6 Å². The normalized spacial score (nSPS) is 18.8. The number of methoxy groups -OCH3 is 1. The molecule has 0 bridgehead atoms. The summed E-state index contributed by atoms with van der Waals surface area (Å²) in [5.41, 5.74) is 2.81. The molecule has 2 heterocycles. The lowest BCUT2D eigenvalue weighted by Gasteiger charge is -2.42. The molecule has 0 aliphatic carbocycles. The fourth-order valence-corrected chi connectivity index (χ4v) is 4.60. The number of carbonyl (C=O) groups is 2. The van der Waals surface area contributed by atoms with Gasteiger partial charge in [-0.25, -0.2) is 0 Å². The average Bonchev–Trinajstić information content (AvgIpc) is 2.89. The molecule has 0 unspecified atom stereocenters. The number of hydrogen-bond donors (Lipinski definition) is 1. The van der Waals surface area contributed by atoms with Crippen LogP contribution in [0.3, 0.4) is 0 Å². The number of morpholine rings is 1. The second kappa shape index (κ2) is 11.4. The van der Waals surface area contributed by atoms with E-state index >= 15 is 0 Å². The summed E-state index contributed by atoms with van der Waals surface area (Å²) in [7, 11) is 5.15. The highest BCUT2D eigenvalue weighted by atomic mass is 16.5. The molecule has 0 spiro atoms. The number of nitrogens with zero attached hydrogens (tertiary/aromatic N) is 4. The van der Waals surface area contributed by atoms with Gasteiger partial charge >= 0.3 is 0 Å². The van der Waals surface area contributed by atoms with Gasteiger partial charge in [0.05, 0.1) is 38.2 Å². The Kier molecular flexibility index (Phi) is 8.09. The number of rotatable bonds is 7. The van der Waals surface area contributed by atoms with Crippen molar-refractivity contribution in [1.82, 2.24) is 9.80 Å². The third-order valence-electron chi connectivity index (χ3n) is 6.53. The van der Waals surface area contributed by atoms with Crippen molar-refractivity contribution < 1.29 is 19.1 Å². The Morgan fingerprint density at radius 3 is 2.40 bits per heavy atom. The summed E-state index contributed by atoms with van der Waals surface area (Å²) in [6.45, 7) is 4.93. The van der Waals surface area contributed by atoms with Crippen molar-refractivity contribution in [3.05, 3.63) is 48.5 Å². The maximum atomic E-state index is 13.1. The summed E-state index contributed by atoms with van der Waals surface area (Å²) in [6, 6.07) is 15.3. The van der Waals surface area contributed by atoms with Crippen molar-refractivity contribution in [2.24, 2.45) is 0 Å². The lowest BCUT2D eigenvalue weighted by Crippen LogP contribution is -2.60. The Morgan fingerprint density at radius 2 is 1.71 bits per heavy atom. The maximum Gasteiger partial charge on any atom is 0.241 e. The molecule has 2 aliphatic heterocycles. The van der Waals surface area contributed by atoms with Crippen LogP contribution < -0.4 is 19.9 Å². The molecule has 2 saturated heterocycles. The summed E-state index contributed by atoms with van der Waals surface area (Å²) in [5.74, 6) is 0.659. The van der Waals surface area contributed by atoms with Crippen molar-refractivity contribution in [2.45, 2.75) is 6.04 Å². The smallest absolute Gasteiger partial charge is 0.241 e. The Bertz CT molecular complexity index is 1010. The van der Waals surface area contributed by atoms with Crippen LogP contribution in [0.1, 0.15) is 0 Å². The molecular formula is C26H35N5O4. The summed E-state index contributed by atoms with van der Waals surface area (Å²) < 4.78 is 10.7. The monoisotopic (exact) mass is 481 g/mol. The highest BCUT2D eigenvalue weighted by Gasteiger charge is 2.34. The highest BCUT2D eigenvalue weighted by molar-refractivity contribution is 5.96. The van der Waals surface area contributed by atoms with Crippen molar-refractivity contribution in [3.8, 4) is 5.75 Å². The minimum absolute atomic E-state index is 0.00951. The SMILES string of the molecule is COc1ccc(N2CCN(CC(=O)Nc3ccccc3N3CCOCC3)[C@@H](C(=O)N(C)C)C2)cc1. The molecule has 2 aromatic rings. The number of ether oxygens (including phenoxy) is 2. The van der Waals surface area contributed by atoms with Crippen LogP contribution in [0.2, 0.25) is 0 Å². The Labute approximate surface area is 207 Å². The van der Waals surface area contributed by atoms with Crippen molar-refractivity contribution in [3.63, 3.8) is 0 Å². The van der Waals surface area contributed by atoms with E-state index in [4.69, 9.17) is 9.47 Å². The first kappa shape index (κ1) is 24.8. The van der Waals surface area contributed by atoms with Crippen molar-refractivity contribution in [2.75, 3.05) is 88.8 Å². The van der Waals surface area contributed by atoms with Crippen LogP contribution in [0.25, 0.3) is 0 Å². The molecule has 0 radical (unpaired) electrons. The van der Waals surface area contributed by atoms with Gasteiger partial charge in [-0.15, -0.1) is 0 Å². The van der Waals surface area contributed by atoms with E-state index in [2.05, 4.69) is 15.1 Å². The number of likely N-dealkylation sites (N-methyl/N-ethyl adjacent to an activating group) is 1. The number of benzene rings is 2. The minimum Gasteiger partial charge on any atom is -0.497 e. The highest BCUT2D eigenvalue weighted by Crippen LogP contribution is 2.27. The van der Waals surface area contributed by atoms with Crippen LogP contribution in [0.5, 0.6) is 5.75 Å². The first-order chi connectivity index (χ1) is 17.0.